The molecule has 1 aliphatic heterocycles. The Morgan fingerprint density at radius 2 is 1.75 bits per heavy atom. The molecule has 4 amide bonds. The number of imide groups is 1. The van der Waals surface area contributed by atoms with Crippen molar-refractivity contribution in [2.45, 2.75) is 25.8 Å². The minimum absolute atomic E-state index is 0.148. The number of nitrogens with one attached hydrogen (secondary N) is 1. The van der Waals surface area contributed by atoms with Gasteiger partial charge in [0.1, 0.15) is 11.9 Å². The van der Waals surface area contributed by atoms with Crippen LogP contribution < -0.4 is 10.2 Å². The molecule has 7 nitrogen and oxygen atoms in total. The second kappa shape index (κ2) is 10.7. The van der Waals surface area contributed by atoms with Gasteiger partial charge in [-0.15, -0.1) is 0 Å². The van der Waals surface area contributed by atoms with E-state index in [0.717, 1.165) is 10.5 Å². The van der Waals surface area contributed by atoms with E-state index in [4.69, 9.17) is 11.6 Å². The summed E-state index contributed by atoms with van der Waals surface area (Å²) in [5, 5.41) is 3.18. The number of nitrogens with zero attached hydrogens (tertiary/aromatic N) is 2. The molecule has 36 heavy (non-hydrogen) atoms. The third-order valence-electron chi connectivity index (χ3n) is 5.83. The molecule has 1 heterocycles. The van der Waals surface area contributed by atoms with Crippen LogP contribution in [0, 0.1) is 5.82 Å². The van der Waals surface area contributed by atoms with Crippen LogP contribution >= 0.6 is 11.6 Å². The summed E-state index contributed by atoms with van der Waals surface area (Å²) < 4.78 is 13.4. The lowest BCUT2D eigenvalue weighted by Gasteiger charge is -2.28. The zero-order chi connectivity index (χ0) is 25.8. The predicted molar refractivity (Wildman–Crippen MR) is 134 cm³/mol. The maximum absolute atomic E-state index is 13.4. The first-order valence-electron chi connectivity index (χ1n) is 11.3. The lowest BCUT2D eigenvalue weighted by molar-refractivity contribution is -0.122. The fraction of sp³-hybridized carbons (Fsp3) is 0.185. The number of carbonyl (C=O) groups excluding carboxylic acids is 4. The first kappa shape index (κ1) is 25.1. The van der Waals surface area contributed by atoms with Crippen molar-refractivity contribution in [3.05, 3.63) is 94.8 Å². The van der Waals surface area contributed by atoms with E-state index in [9.17, 15) is 23.6 Å². The predicted octanol–water partition coefficient (Wildman–Crippen LogP) is 4.45. The van der Waals surface area contributed by atoms with E-state index in [-0.39, 0.29) is 24.4 Å². The van der Waals surface area contributed by atoms with Crippen molar-refractivity contribution in [1.82, 2.24) is 4.90 Å². The Kier molecular flexibility index (Phi) is 7.45. The zero-order valence-corrected chi connectivity index (χ0v) is 20.2. The second-order valence-corrected chi connectivity index (χ2v) is 8.84. The molecule has 0 aromatic heterocycles. The van der Waals surface area contributed by atoms with Crippen molar-refractivity contribution in [2.75, 3.05) is 16.8 Å². The number of halogens is 2. The summed E-state index contributed by atoms with van der Waals surface area (Å²) in [4.78, 5) is 53.5. The van der Waals surface area contributed by atoms with E-state index in [1.165, 1.54) is 36.1 Å². The van der Waals surface area contributed by atoms with Gasteiger partial charge in [-0.1, -0.05) is 23.7 Å². The molecule has 3 aromatic carbocycles. The monoisotopic (exact) mass is 507 g/mol. The van der Waals surface area contributed by atoms with Crippen molar-refractivity contribution < 1.29 is 23.6 Å². The average Bonchev–Trinajstić information content (AvgIpc) is 3.13. The highest BCUT2D eigenvalue weighted by Crippen LogP contribution is 2.28. The van der Waals surface area contributed by atoms with Crippen LogP contribution in [-0.2, 0) is 20.8 Å². The Labute approximate surface area is 212 Å². The van der Waals surface area contributed by atoms with Gasteiger partial charge in [-0.25, -0.2) is 9.29 Å². The maximum Gasteiger partial charge on any atom is 0.257 e. The molecule has 3 aromatic rings. The van der Waals surface area contributed by atoms with E-state index in [1.807, 2.05) is 6.07 Å². The Hall–Kier alpha value is -4.04. The Balaban J connectivity index is 1.60. The van der Waals surface area contributed by atoms with Crippen LogP contribution in [0.15, 0.2) is 72.8 Å². The number of hydrogen-bond acceptors (Lipinski definition) is 4. The topological polar surface area (TPSA) is 86.8 Å². The Bertz CT molecular complexity index is 1310. The molecule has 9 heteroatoms. The maximum atomic E-state index is 13.4. The van der Waals surface area contributed by atoms with Crippen LogP contribution in [-0.4, -0.2) is 41.1 Å². The summed E-state index contributed by atoms with van der Waals surface area (Å²) in [6.45, 7) is 1.53. The molecule has 4 rings (SSSR count). The summed E-state index contributed by atoms with van der Waals surface area (Å²) in [5.74, 6) is -2.19. The molecule has 1 saturated heterocycles. The molecule has 1 unspecified atom stereocenters. The number of hydrogen-bond donors (Lipinski definition) is 1. The van der Waals surface area contributed by atoms with E-state index in [1.54, 1.807) is 42.5 Å². The molecule has 1 fully saturated rings. The molecular formula is C27H23ClFN3O4. The molecule has 1 atom stereocenters. The Morgan fingerprint density at radius 3 is 2.39 bits per heavy atom. The number of rotatable bonds is 7. The standard InChI is InChI=1S/C27H23ClFN3O4/c1-17(33)30-22-9-11-23(12-10-22)32-25(34)16-24(27(32)36)31(14-13-18-3-2-4-20(28)15-18)26(35)19-5-7-21(29)8-6-19/h2-12,15,24H,13-14,16H2,1H3,(H,30,33). The fourth-order valence-corrected chi connectivity index (χ4v) is 4.34. The van der Waals surface area contributed by atoms with Crippen molar-refractivity contribution in [3.63, 3.8) is 0 Å². The van der Waals surface area contributed by atoms with Gasteiger partial charge >= 0.3 is 0 Å². The number of carbonyl (C=O) groups is 4. The molecule has 0 saturated carbocycles. The van der Waals surface area contributed by atoms with Gasteiger partial charge in [-0.3, -0.25) is 19.2 Å². The third kappa shape index (κ3) is 5.60. The second-order valence-electron chi connectivity index (χ2n) is 8.40. The smallest absolute Gasteiger partial charge is 0.257 e. The van der Waals surface area contributed by atoms with Gasteiger partial charge in [0.15, 0.2) is 0 Å². The number of amides is 4. The zero-order valence-electron chi connectivity index (χ0n) is 19.4. The normalized spacial score (nSPS) is 15.2. The van der Waals surface area contributed by atoms with Gasteiger partial charge in [-0.05, 0) is 72.6 Å². The molecule has 1 aliphatic rings. The van der Waals surface area contributed by atoms with E-state index in [2.05, 4.69) is 5.32 Å². The first-order chi connectivity index (χ1) is 17.2. The fourth-order valence-electron chi connectivity index (χ4n) is 4.13. The molecule has 0 bridgehead atoms. The lowest BCUT2D eigenvalue weighted by Crippen LogP contribution is -2.46. The van der Waals surface area contributed by atoms with E-state index in [0.29, 0.717) is 22.8 Å². The molecule has 0 aliphatic carbocycles. The highest BCUT2D eigenvalue weighted by molar-refractivity contribution is 6.30. The van der Waals surface area contributed by atoms with Crippen molar-refractivity contribution in [1.29, 1.82) is 0 Å². The van der Waals surface area contributed by atoms with Crippen molar-refractivity contribution in [2.24, 2.45) is 0 Å². The average molecular weight is 508 g/mol. The van der Waals surface area contributed by atoms with Crippen LogP contribution in [0.4, 0.5) is 15.8 Å². The van der Waals surface area contributed by atoms with E-state index >= 15 is 0 Å². The minimum atomic E-state index is -1.02. The van der Waals surface area contributed by atoms with Crippen molar-refractivity contribution in [3.8, 4) is 0 Å². The van der Waals surface area contributed by atoms with Crippen LogP contribution in [0.25, 0.3) is 0 Å². The summed E-state index contributed by atoms with van der Waals surface area (Å²) >= 11 is 6.08. The molecule has 1 N–H and O–H groups in total. The number of anilines is 2. The summed E-state index contributed by atoms with van der Waals surface area (Å²) in [6.07, 6.45) is 0.214. The van der Waals surface area contributed by atoms with Gasteiger partial charge in [-0.2, -0.15) is 0 Å². The summed E-state index contributed by atoms with van der Waals surface area (Å²) in [7, 11) is 0. The van der Waals surface area contributed by atoms with Gasteiger partial charge in [0.25, 0.3) is 11.8 Å². The van der Waals surface area contributed by atoms with Crippen LogP contribution in [0.5, 0.6) is 0 Å². The highest BCUT2D eigenvalue weighted by atomic mass is 35.5. The lowest BCUT2D eigenvalue weighted by atomic mass is 10.1. The van der Waals surface area contributed by atoms with Gasteiger partial charge in [0.2, 0.25) is 11.8 Å². The largest absolute Gasteiger partial charge is 0.326 e. The van der Waals surface area contributed by atoms with Crippen LogP contribution in [0.1, 0.15) is 29.3 Å². The first-order valence-corrected chi connectivity index (χ1v) is 11.7. The van der Waals surface area contributed by atoms with Crippen LogP contribution in [0.2, 0.25) is 5.02 Å². The van der Waals surface area contributed by atoms with Gasteiger partial charge in [0.05, 0.1) is 12.1 Å². The minimum Gasteiger partial charge on any atom is -0.326 e. The van der Waals surface area contributed by atoms with Gasteiger partial charge in [0, 0.05) is 29.7 Å². The Morgan fingerprint density at radius 1 is 1.06 bits per heavy atom. The SMILES string of the molecule is CC(=O)Nc1ccc(N2C(=O)CC(N(CCc3cccc(Cl)c3)C(=O)c3ccc(F)cc3)C2=O)cc1. The third-order valence-corrected chi connectivity index (χ3v) is 6.06. The number of benzene rings is 3. The molecular weight excluding hydrogens is 485 g/mol. The molecule has 0 spiro atoms. The summed E-state index contributed by atoms with van der Waals surface area (Å²) in [5.41, 5.74) is 1.93. The van der Waals surface area contributed by atoms with Crippen molar-refractivity contribution >= 4 is 46.6 Å². The molecule has 0 radical (unpaired) electrons. The molecule has 184 valence electrons. The van der Waals surface area contributed by atoms with E-state index < -0.39 is 29.6 Å². The highest BCUT2D eigenvalue weighted by Gasteiger charge is 2.44. The van der Waals surface area contributed by atoms with Crippen LogP contribution in [0.3, 0.4) is 0 Å². The quantitative estimate of drug-likeness (QED) is 0.478. The van der Waals surface area contributed by atoms with Gasteiger partial charge < -0.3 is 10.2 Å². The summed E-state index contributed by atoms with van der Waals surface area (Å²) in [6, 6.07) is 17.5.